The van der Waals surface area contributed by atoms with Crippen LogP contribution >= 0.6 is 0 Å². The van der Waals surface area contributed by atoms with Crippen LogP contribution in [0.15, 0.2) is 47.4 Å². The zero-order valence-corrected chi connectivity index (χ0v) is 13.4. The lowest BCUT2D eigenvalue weighted by atomic mass is 10.2. The van der Waals surface area contributed by atoms with Gasteiger partial charge in [0.15, 0.2) is 11.5 Å². The number of fused-ring (bicyclic) bond motifs is 2. The largest absolute Gasteiger partial charge is 0.456 e. The minimum Gasteiger partial charge on any atom is -0.456 e. The van der Waals surface area contributed by atoms with E-state index >= 15 is 0 Å². The van der Waals surface area contributed by atoms with Gasteiger partial charge in [-0.1, -0.05) is 6.07 Å². The lowest BCUT2D eigenvalue weighted by Crippen LogP contribution is -2.17. The van der Waals surface area contributed by atoms with E-state index in [1.165, 1.54) is 10.5 Å². The molecule has 0 unspecified atom stereocenters. The summed E-state index contributed by atoms with van der Waals surface area (Å²) in [6.07, 6.45) is 1.65. The molecule has 126 valence electrons. The predicted molar refractivity (Wildman–Crippen MR) is 87.9 cm³/mol. The summed E-state index contributed by atoms with van der Waals surface area (Å²) in [7, 11) is 0. The van der Waals surface area contributed by atoms with Crippen molar-refractivity contribution in [3.8, 4) is 11.5 Å². The molecule has 0 amide bonds. The second kappa shape index (κ2) is 5.94. The number of pyridine rings is 1. The minimum atomic E-state index is -0.523. The molecule has 3 heterocycles. The molecule has 3 aromatic rings. The number of esters is 1. The number of carbonyl (C=O) groups excluding carboxylic acids is 1. The second-order valence-electron chi connectivity index (χ2n) is 5.61. The first kappa shape index (κ1) is 15.2. The maximum Gasteiger partial charge on any atom is 0.338 e. The summed E-state index contributed by atoms with van der Waals surface area (Å²) >= 11 is 0. The van der Waals surface area contributed by atoms with Gasteiger partial charge < -0.3 is 14.2 Å². The van der Waals surface area contributed by atoms with Gasteiger partial charge in [0, 0.05) is 12.3 Å². The number of benzene rings is 1. The van der Waals surface area contributed by atoms with Crippen LogP contribution in [0.25, 0.3) is 5.65 Å². The van der Waals surface area contributed by atoms with Crippen molar-refractivity contribution in [3.05, 3.63) is 69.8 Å². The van der Waals surface area contributed by atoms with Crippen molar-refractivity contribution in [1.29, 1.82) is 0 Å². The molecule has 4 rings (SSSR count). The average molecular weight is 338 g/mol. The summed E-state index contributed by atoms with van der Waals surface area (Å²) in [6, 6.07) is 9.83. The molecule has 0 saturated carbocycles. The van der Waals surface area contributed by atoms with Crippen molar-refractivity contribution < 1.29 is 19.0 Å². The normalized spacial score (nSPS) is 12.4. The standard InChI is InChI=1S/C18H14N2O5/c1-11-3-2-6-20-16(21)8-13(19-17(11)20)9-23-18(22)12-4-5-14-15(7-12)25-10-24-14/h2-8H,9-10H2,1H3. The molecule has 1 aliphatic heterocycles. The molecule has 25 heavy (non-hydrogen) atoms. The van der Waals surface area contributed by atoms with Crippen LogP contribution in [0.2, 0.25) is 0 Å². The Morgan fingerprint density at radius 1 is 1.24 bits per heavy atom. The fourth-order valence-corrected chi connectivity index (χ4v) is 2.63. The predicted octanol–water partition coefficient (Wildman–Crippen LogP) is 2.09. The van der Waals surface area contributed by atoms with Gasteiger partial charge in [0.1, 0.15) is 12.3 Å². The van der Waals surface area contributed by atoms with Crippen LogP contribution in [-0.4, -0.2) is 22.1 Å². The number of ether oxygens (including phenoxy) is 3. The van der Waals surface area contributed by atoms with Gasteiger partial charge in [-0.2, -0.15) is 0 Å². The molecule has 1 aromatic carbocycles. The molecule has 0 atom stereocenters. The van der Waals surface area contributed by atoms with Gasteiger partial charge in [-0.3, -0.25) is 9.20 Å². The first-order chi connectivity index (χ1) is 12.1. The van der Waals surface area contributed by atoms with Crippen LogP contribution < -0.4 is 15.0 Å². The second-order valence-corrected chi connectivity index (χ2v) is 5.61. The summed E-state index contributed by atoms with van der Waals surface area (Å²) in [6.45, 7) is 1.91. The molecule has 0 aliphatic carbocycles. The van der Waals surface area contributed by atoms with Gasteiger partial charge in [-0.25, -0.2) is 9.78 Å². The molecule has 0 N–H and O–H groups in total. The summed E-state index contributed by atoms with van der Waals surface area (Å²) in [5, 5.41) is 0. The number of carbonyl (C=O) groups is 1. The Hall–Kier alpha value is -3.35. The highest BCUT2D eigenvalue weighted by Gasteiger charge is 2.17. The van der Waals surface area contributed by atoms with Crippen molar-refractivity contribution in [2.24, 2.45) is 0 Å². The summed E-state index contributed by atoms with van der Waals surface area (Å²) < 4.78 is 17.2. The highest BCUT2D eigenvalue weighted by atomic mass is 16.7. The highest BCUT2D eigenvalue weighted by Crippen LogP contribution is 2.32. The van der Waals surface area contributed by atoms with Gasteiger partial charge in [0.05, 0.1) is 11.3 Å². The Kier molecular flexibility index (Phi) is 3.61. The van der Waals surface area contributed by atoms with Crippen LogP contribution in [0, 0.1) is 6.92 Å². The topological polar surface area (TPSA) is 79.1 Å². The molecule has 1 aliphatic rings. The van der Waals surface area contributed by atoms with Gasteiger partial charge >= 0.3 is 5.97 Å². The fraction of sp³-hybridized carbons (Fsp3) is 0.167. The lowest BCUT2D eigenvalue weighted by molar-refractivity contribution is 0.0467. The van der Waals surface area contributed by atoms with E-state index in [1.54, 1.807) is 30.5 Å². The number of hydrogen-bond acceptors (Lipinski definition) is 6. The van der Waals surface area contributed by atoms with E-state index in [9.17, 15) is 9.59 Å². The van der Waals surface area contributed by atoms with Crippen molar-refractivity contribution in [1.82, 2.24) is 9.38 Å². The number of nitrogens with zero attached hydrogens (tertiary/aromatic N) is 2. The van der Waals surface area contributed by atoms with E-state index in [0.29, 0.717) is 28.4 Å². The molecule has 0 spiro atoms. The van der Waals surface area contributed by atoms with Gasteiger partial charge in [-0.15, -0.1) is 0 Å². The van der Waals surface area contributed by atoms with E-state index in [4.69, 9.17) is 14.2 Å². The van der Waals surface area contributed by atoms with Crippen LogP contribution in [0.1, 0.15) is 21.6 Å². The molecule has 2 aromatic heterocycles. The summed E-state index contributed by atoms with van der Waals surface area (Å²) in [5.74, 6) is 0.577. The number of aryl methyl sites for hydroxylation is 1. The molecule has 0 fully saturated rings. The van der Waals surface area contributed by atoms with Crippen LogP contribution in [0.5, 0.6) is 11.5 Å². The zero-order valence-electron chi connectivity index (χ0n) is 13.4. The number of hydrogen-bond donors (Lipinski definition) is 0. The SMILES string of the molecule is Cc1cccn2c(=O)cc(COC(=O)c3ccc4c(c3)OCO4)nc12. The van der Waals surface area contributed by atoms with E-state index < -0.39 is 5.97 Å². The Bertz CT molecular complexity index is 1040. The quantitative estimate of drug-likeness (QED) is 0.681. The minimum absolute atomic E-state index is 0.0899. The Balaban J connectivity index is 1.55. The first-order valence-corrected chi connectivity index (χ1v) is 7.66. The van der Waals surface area contributed by atoms with E-state index in [-0.39, 0.29) is 19.0 Å². The third-order valence-electron chi connectivity index (χ3n) is 3.90. The third-order valence-corrected chi connectivity index (χ3v) is 3.90. The maximum absolute atomic E-state index is 12.2. The Labute approximate surface area is 142 Å². The molecular weight excluding hydrogens is 324 g/mol. The molecule has 0 radical (unpaired) electrons. The number of rotatable bonds is 3. The molecule has 7 nitrogen and oxygen atoms in total. The van der Waals surface area contributed by atoms with Crippen LogP contribution in [-0.2, 0) is 11.3 Å². The monoisotopic (exact) mass is 338 g/mol. The van der Waals surface area contributed by atoms with E-state index in [0.717, 1.165) is 5.56 Å². The van der Waals surface area contributed by atoms with Crippen LogP contribution in [0.3, 0.4) is 0 Å². The maximum atomic E-state index is 12.2. The molecular formula is C18H14N2O5. The highest BCUT2D eigenvalue weighted by molar-refractivity contribution is 5.90. The summed E-state index contributed by atoms with van der Waals surface area (Å²) in [4.78, 5) is 28.8. The van der Waals surface area contributed by atoms with Crippen LogP contribution in [0.4, 0.5) is 0 Å². The van der Waals surface area contributed by atoms with Gasteiger partial charge in [0.2, 0.25) is 6.79 Å². The van der Waals surface area contributed by atoms with Crippen molar-refractivity contribution in [3.63, 3.8) is 0 Å². The molecule has 0 saturated heterocycles. The smallest absolute Gasteiger partial charge is 0.338 e. The van der Waals surface area contributed by atoms with Crippen molar-refractivity contribution in [2.75, 3.05) is 6.79 Å². The summed E-state index contributed by atoms with van der Waals surface area (Å²) in [5.41, 5.74) is 1.93. The van der Waals surface area contributed by atoms with E-state index in [2.05, 4.69) is 4.98 Å². The van der Waals surface area contributed by atoms with Crippen molar-refractivity contribution >= 4 is 11.6 Å². The average Bonchev–Trinajstić information content (AvgIpc) is 3.08. The fourth-order valence-electron chi connectivity index (χ4n) is 2.63. The molecule has 7 heteroatoms. The Morgan fingerprint density at radius 2 is 2.08 bits per heavy atom. The molecule has 0 bridgehead atoms. The third kappa shape index (κ3) is 2.80. The van der Waals surface area contributed by atoms with Gasteiger partial charge in [0.25, 0.3) is 5.56 Å². The van der Waals surface area contributed by atoms with E-state index in [1.807, 2.05) is 13.0 Å². The van der Waals surface area contributed by atoms with Crippen molar-refractivity contribution in [2.45, 2.75) is 13.5 Å². The zero-order chi connectivity index (χ0) is 17.4. The Morgan fingerprint density at radius 3 is 2.96 bits per heavy atom. The van der Waals surface area contributed by atoms with Gasteiger partial charge in [-0.05, 0) is 36.8 Å². The first-order valence-electron chi connectivity index (χ1n) is 7.66. The number of aromatic nitrogens is 2. The lowest BCUT2D eigenvalue weighted by Gasteiger charge is -2.07.